The molecule has 0 amide bonds. The molecule has 0 aliphatic heterocycles. The lowest BCUT2D eigenvalue weighted by Gasteiger charge is -2.24. The van der Waals surface area contributed by atoms with Crippen LogP contribution in [-0.2, 0) is 0 Å². The van der Waals surface area contributed by atoms with Gasteiger partial charge in [0.1, 0.15) is 0 Å². The molecule has 3 nitrogen and oxygen atoms in total. The molecule has 14 heavy (non-hydrogen) atoms. The summed E-state index contributed by atoms with van der Waals surface area (Å²) in [6.45, 7) is 3.87. The Labute approximate surface area is 87.1 Å². The van der Waals surface area contributed by atoms with Gasteiger partial charge in [-0.3, -0.25) is 0 Å². The third-order valence-corrected chi connectivity index (χ3v) is 3.06. The zero-order valence-corrected chi connectivity index (χ0v) is 9.29. The van der Waals surface area contributed by atoms with Crippen molar-refractivity contribution in [1.29, 1.82) is 5.26 Å². The largest absolute Gasteiger partial charge is 0.302 e. The van der Waals surface area contributed by atoms with Crippen LogP contribution in [0, 0.1) is 11.3 Å². The fourth-order valence-corrected chi connectivity index (χ4v) is 2.03. The van der Waals surface area contributed by atoms with Crippen molar-refractivity contribution in [3.8, 4) is 6.07 Å². The van der Waals surface area contributed by atoms with E-state index in [9.17, 15) is 0 Å². The second kappa shape index (κ2) is 6.00. The molecule has 0 heterocycles. The van der Waals surface area contributed by atoms with Crippen LogP contribution in [0.25, 0.3) is 0 Å². The molecule has 0 aromatic rings. The normalized spacial score (nSPS) is 19.9. The van der Waals surface area contributed by atoms with Crippen LogP contribution in [0.3, 0.4) is 0 Å². The molecule has 0 aromatic carbocycles. The van der Waals surface area contributed by atoms with Gasteiger partial charge >= 0.3 is 0 Å². The molecule has 1 atom stereocenters. The van der Waals surface area contributed by atoms with Crippen LogP contribution in [0.5, 0.6) is 0 Å². The zero-order chi connectivity index (χ0) is 10.4. The second-order valence-corrected chi connectivity index (χ2v) is 4.22. The summed E-state index contributed by atoms with van der Waals surface area (Å²) in [7, 11) is 2.19. The Hall–Kier alpha value is -0.590. The summed E-state index contributed by atoms with van der Waals surface area (Å²) in [5.74, 6) is 0. The maximum atomic E-state index is 8.59. The van der Waals surface area contributed by atoms with E-state index in [1.165, 1.54) is 25.7 Å². The predicted octanol–water partition coefficient (Wildman–Crippen LogP) is 1.36. The molecule has 1 fully saturated rings. The molecule has 3 heteroatoms. The van der Waals surface area contributed by atoms with Crippen LogP contribution in [0.15, 0.2) is 0 Å². The van der Waals surface area contributed by atoms with Crippen LogP contribution in [0.2, 0.25) is 0 Å². The molecule has 1 unspecified atom stereocenters. The van der Waals surface area contributed by atoms with Gasteiger partial charge in [-0.2, -0.15) is 5.26 Å². The number of likely N-dealkylation sites (N-methyl/N-ethyl adjacent to an activating group) is 1. The highest BCUT2D eigenvalue weighted by atomic mass is 15.1. The van der Waals surface area contributed by atoms with E-state index in [0.29, 0.717) is 0 Å². The number of nitrogens with one attached hydrogen (secondary N) is 1. The van der Waals surface area contributed by atoms with Crippen molar-refractivity contribution in [2.45, 2.75) is 44.7 Å². The number of hydrogen-bond acceptors (Lipinski definition) is 3. The summed E-state index contributed by atoms with van der Waals surface area (Å²) in [6, 6.07) is 2.94. The lowest BCUT2D eigenvalue weighted by molar-refractivity contribution is 0.244. The Balaban J connectivity index is 2.08. The first kappa shape index (κ1) is 11.5. The van der Waals surface area contributed by atoms with Crippen LogP contribution in [-0.4, -0.2) is 37.1 Å². The van der Waals surface area contributed by atoms with Gasteiger partial charge in [-0.15, -0.1) is 0 Å². The second-order valence-electron chi connectivity index (χ2n) is 4.22. The maximum Gasteiger partial charge on any atom is 0.0924 e. The SMILES string of the molecule is CC(C#N)NCCN(C)C1CCCC1. The average Bonchev–Trinajstić information content (AvgIpc) is 2.70. The minimum absolute atomic E-state index is 0.0213. The van der Waals surface area contributed by atoms with E-state index < -0.39 is 0 Å². The van der Waals surface area contributed by atoms with Gasteiger partial charge in [-0.1, -0.05) is 12.8 Å². The van der Waals surface area contributed by atoms with E-state index in [2.05, 4.69) is 23.3 Å². The van der Waals surface area contributed by atoms with E-state index in [0.717, 1.165) is 19.1 Å². The molecular formula is C11H21N3. The first-order valence-electron chi connectivity index (χ1n) is 5.57. The third kappa shape index (κ3) is 3.65. The minimum Gasteiger partial charge on any atom is -0.302 e. The smallest absolute Gasteiger partial charge is 0.0924 e. The number of nitrogens with zero attached hydrogens (tertiary/aromatic N) is 2. The Kier molecular flexibility index (Phi) is 4.92. The van der Waals surface area contributed by atoms with E-state index in [4.69, 9.17) is 5.26 Å². The van der Waals surface area contributed by atoms with Gasteiger partial charge < -0.3 is 10.2 Å². The van der Waals surface area contributed by atoms with Gasteiger partial charge in [0.15, 0.2) is 0 Å². The summed E-state index contributed by atoms with van der Waals surface area (Å²) >= 11 is 0. The van der Waals surface area contributed by atoms with Crippen molar-refractivity contribution in [2.24, 2.45) is 0 Å². The molecule has 0 saturated heterocycles. The highest BCUT2D eigenvalue weighted by molar-refractivity contribution is 4.85. The fourth-order valence-electron chi connectivity index (χ4n) is 2.03. The molecular weight excluding hydrogens is 174 g/mol. The van der Waals surface area contributed by atoms with Crippen LogP contribution < -0.4 is 5.32 Å². The fraction of sp³-hybridized carbons (Fsp3) is 0.909. The minimum atomic E-state index is -0.0213. The van der Waals surface area contributed by atoms with E-state index >= 15 is 0 Å². The first-order valence-corrected chi connectivity index (χ1v) is 5.57. The highest BCUT2D eigenvalue weighted by Crippen LogP contribution is 2.21. The maximum absolute atomic E-state index is 8.59. The molecule has 1 aliphatic carbocycles. The van der Waals surface area contributed by atoms with Crippen LogP contribution >= 0.6 is 0 Å². The van der Waals surface area contributed by atoms with E-state index in [1.54, 1.807) is 0 Å². The Morgan fingerprint density at radius 3 is 2.71 bits per heavy atom. The first-order chi connectivity index (χ1) is 6.74. The summed E-state index contributed by atoms with van der Waals surface area (Å²) in [6.07, 6.45) is 5.47. The lowest BCUT2D eigenvalue weighted by atomic mass is 10.2. The average molecular weight is 195 g/mol. The zero-order valence-electron chi connectivity index (χ0n) is 9.29. The summed E-state index contributed by atoms with van der Waals surface area (Å²) < 4.78 is 0. The molecule has 0 spiro atoms. The number of nitriles is 1. The monoisotopic (exact) mass is 195 g/mol. The molecule has 0 radical (unpaired) electrons. The molecule has 0 bridgehead atoms. The van der Waals surface area contributed by atoms with Crippen molar-refractivity contribution in [1.82, 2.24) is 10.2 Å². The topological polar surface area (TPSA) is 39.1 Å². The van der Waals surface area contributed by atoms with Gasteiger partial charge in [-0.25, -0.2) is 0 Å². The standard InChI is InChI=1S/C11H21N3/c1-10(9-12)13-7-8-14(2)11-5-3-4-6-11/h10-11,13H,3-8H2,1-2H3. The predicted molar refractivity (Wildman–Crippen MR) is 58.0 cm³/mol. The Morgan fingerprint density at radius 1 is 1.50 bits per heavy atom. The van der Waals surface area contributed by atoms with Gasteiger partial charge in [0, 0.05) is 19.1 Å². The molecule has 0 aromatic heterocycles. The van der Waals surface area contributed by atoms with E-state index in [1.807, 2.05) is 6.92 Å². The van der Waals surface area contributed by atoms with Crippen molar-refractivity contribution < 1.29 is 0 Å². The van der Waals surface area contributed by atoms with Crippen molar-refractivity contribution in [3.63, 3.8) is 0 Å². The highest BCUT2D eigenvalue weighted by Gasteiger charge is 2.18. The molecule has 1 saturated carbocycles. The quantitative estimate of drug-likeness (QED) is 0.720. The third-order valence-electron chi connectivity index (χ3n) is 3.06. The van der Waals surface area contributed by atoms with Gasteiger partial charge in [0.2, 0.25) is 0 Å². The lowest BCUT2D eigenvalue weighted by Crippen LogP contribution is -2.37. The number of rotatable bonds is 5. The Bertz CT molecular complexity index is 191. The molecule has 80 valence electrons. The Morgan fingerprint density at radius 2 is 2.14 bits per heavy atom. The van der Waals surface area contributed by atoms with Crippen molar-refractivity contribution in [3.05, 3.63) is 0 Å². The molecule has 1 N–H and O–H groups in total. The van der Waals surface area contributed by atoms with Crippen LogP contribution in [0.4, 0.5) is 0 Å². The van der Waals surface area contributed by atoms with Crippen LogP contribution in [0.1, 0.15) is 32.6 Å². The van der Waals surface area contributed by atoms with Gasteiger partial charge in [0.05, 0.1) is 12.1 Å². The van der Waals surface area contributed by atoms with E-state index in [-0.39, 0.29) is 6.04 Å². The number of hydrogen-bond donors (Lipinski definition) is 1. The van der Waals surface area contributed by atoms with Crippen molar-refractivity contribution in [2.75, 3.05) is 20.1 Å². The van der Waals surface area contributed by atoms with Crippen molar-refractivity contribution >= 4 is 0 Å². The molecule has 1 aliphatic rings. The van der Waals surface area contributed by atoms with Gasteiger partial charge in [0.25, 0.3) is 0 Å². The summed E-state index contributed by atoms with van der Waals surface area (Å²) in [5, 5.41) is 11.8. The van der Waals surface area contributed by atoms with Gasteiger partial charge in [-0.05, 0) is 26.8 Å². The molecule has 1 rings (SSSR count). The summed E-state index contributed by atoms with van der Waals surface area (Å²) in [4.78, 5) is 2.42. The summed E-state index contributed by atoms with van der Waals surface area (Å²) in [5.41, 5.74) is 0.